The Morgan fingerprint density at radius 3 is 2.16 bits per heavy atom. The maximum absolute atomic E-state index is 13.7. The van der Waals surface area contributed by atoms with Crippen molar-refractivity contribution in [2.24, 2.45) is 0 Å². The maximum Gasteiger partial charge on any atom is 0.264 e. The van der Waals surface area contributed by atoms with Gasteiger partial charge in [-0.3, -0.25) is 9.10 Å². The van der Waals surface area contributed by atoms with Crippen LogP contribution in [0.5, 0.6) is 5.75 Å². The van der Waals surface area contributed by atoms with Crippen LogP contribution in [0.2, 0.25) is 5.02 Å². The molecule has 0 radical (unpaired) electrons. The number of methoxy groups -OCH3 is 1. The zero-order chi connectivity index (χ0) is 27.5. The van der Waals surface area contributed by atoms with Crippen molar-refractivity contribution in [2.45, 2.75) is 29.6 Å². The summed E-state index contributed by atoms with van der Waals surface area (Å²) in [6.07, 6.45) is 1.65. The van der Waals surface area contributed by atoms with Crippen molar-refractivity contribution in [3.63, 3.8) is 0 Å². The summed E-state index contributed by atoms with van der Waals surface area (Å²) in [5, 5.41) is 2.91. The molecule has 1 aliphatic rings. The van der Waals surface area contributed by atoms with E-state index in [1.165, 1.54) is 59.9 Å². The fourth-order valence-corrected chi connectivity index (χ4v) is 7.22. The SMILES string of the molecule is COc1ccc(Cl)cc1N(CC(=O)Nc1ccc(S(=O)(=O)N2CCCC2)cc1)S(=O)(=O)c1ccc(C)cc1. The van der Waals surface area contributed by atoms with Gasteiger partial charge in [0.1, 0.15) is 12.3 Å². The third-order valence-corrected chi connectivity index (χ3v) is 10.1. The average molecular weight is 578 g/mol. The zero-order valence-corrected chi connectivity index (χ0v) is 23.3. The van der Waals surface area contributed by atoms with Crippen LogP contribution in [0, 0.1) is 6.92 Å². The first-order chi connectivity index (χ1) is 18.0. The van der Waals surface area contributed by atoms with E-state index in [0.717, 1.165) is 22.7 Å². The van der Waals surface area contributed by atoms with Crippen LogP contribution in [0.1, 0.15) is 18.4 Å². The van der Waals surface area contributed by atoms with Gasteiger partial charge in [-0.25, -0.2) is 16.8 Å². The Balaban J connectivity index is 1.61. The van der Waals surface area contributed by atoms with Crippen LogP contribution in [-0.4, -0.2) is 53.8 Å². The van der Waals surface area contributed by atoms with Crippen molar-refractivity contribution in [2.75, 3.05) is 36.4 Å². The molecule has 0 bridgehead atoms. The summed E-state index contributed by atoms with van der Waals surface area (Å²) in [7, 11) is -6.40. The third kappa shape index (κ3) is 5.96. The van der Waals surface area contributed by atoms with E-state index >= 15 is 0 Å². The molecular formula is C26H28ClN3O6S2. The molecule has 0 spiro atoms. The first-order valence-electron chi connectivity index (χ1n) is 11.9. The number of ether oxygens (including phenoxy) is 1. The quantitative estimate of drug-likeness (QED) is 0.406. The van der Waals surface area contributed by atoms with E-state index in [1.807, 2.05) is 6.92 Å². The number of carbonyl (C=O) groups is 1. The van der Waals surface area contributed by atoms with Gasteiger partial charge in [-0.15, -0.1) is 0 Å². The van der Waals surface area contributed by atoms with Crippen LogP contribution in [0.4, 0.5) is 11.4 Å². The number of hydrogen-bond donors (Lipinski definition) is 1. The van der Waals surface area contributed by atoms with Crippen molar-refractivity contribution in [1.82, 2.24) is 4.31 Å². The van der Waals surface area contributed by atoms with Crippen LogP contribution in [0.3, 0.4) is 0 Å². The summed E-state index contributed by atoms with van der Waals surface area (Å²) in [6, 6.07) is 16.5. The highest BCUT2D eigenvalue weighted by Crippen LogP contribution is 2.35. The first-order valence-corrected chi connectivity index (χ1v) is 15.1. The minimum atomic E-state index is -4.19. The molecule has 9 nitrogen and oxygen atoms in total. The zero-order valence-electron chi connectivity index (χ0n) is 20.9. The summed E-state index contributed by atoms with van der Waals surface area (Å²) in [6.45, 7) is 2.22. The smallest absolute Gasteiger partial charge is 0.264 e. The van der Waals surface area contributed by atoms with Gasteiger partial charge in [0.2, 0.25) is 15.9 Å². The number of nitrogens with one attached hydrogen (secondary N) is 1. The lowest BCUT2D eigenvalue weighted by molar-refractivity contribution is -0.114. The Kier molecular flexibility index (Phi) is 8.31. The number of nitrogens with zero attached hydrogens (tertiary/aromatic N) is 2. The number of sulfonamides is 2. The molecule has 0 atom stereocenters. The molecule has 1 saturated heterocycles. The molecule has 3 aromatic rings. The van der Waals surface area contributed by atoms with Gasteiger partial charge in [-0.05, 0) is 74.4 Å². The van der Waals surface area contributed by atoms with Gasteiger partial charge >= 0.3 is 0 Å². The molecule has 3 aromatic carbocycles. The van der Waals surface area contributed by atoms with E-state index in [0.29, 0.717) is 18.8 Å². The highest BCUT2D eigenvalue weighted by Gasteiger charge is 2.30. The van der Waals surface area contributed by atoms with Gasteiger partial charge in [-0.1, -0.05) is 29.3 Å². The minimum Gasteiger partial charge on any atom is -0.495 e. The molecule has 1 heterocycles. The number of rotatable bonds is 9. The van der Waals surface area contributed by atoms with Crippen molar-refractivity contribution >= 4 is 48.9 Å². The average Bonchev–Trinajstić information content (AvgIpc) is 3.44. The fourth-order valence-electron chi connectivity index (χ4n) is 4.11. The van der Waals surface area contributed by atoms with Gasteiger partial charge < -0.3 is 10.1 Å². The number of aryl methyl sites for hydroxylation is 1. The number of halogens is 1. The summed E-state index contributed by atoms with van der Waals surface area (Å²) in [4.78, 5) is 13.2. The molecule has 1 aliphatic heterocycles. The molecule has 1 fully saturated rings. The lowest BCUT2D eigenvalue weighted by Gasteiger charge is -2.26. The monoisotopic (exact) mass is 577 g/mol. The van der Waals surface area contributed by atoms with E-state index < -0.39 is 32.5 Å². The molecule has 1 N–H and O–H groups in total. The van der Waals surface area contributed by atoms with Gasteiger partial charge in [0, 0.05) is 23.8 Å². The van der Waals surface area contributed by atoms with Gasteiger partial charge in [0.05, 0.1) is 22.6 Å². The lowest BCUT2D eigenvalue weighted by Crippen LogP contribution is -2.38. The van der Waals surface area contributed by atoms with E-state index in [-0.39, 0.29) is 26.3 Å². The number of carbonyl (C=O) groups excluding carboxylic acids is 1. The van der Waals surface area contributed by atoms with Gasteiger partial charge in [-0.2, -0.15) is 4.31 Å². The summed E-state index contributed by atoms with van der Waals surface area (Å²) in [5.41, 5.74) is 1.30. The van der Waals surface area contributed by atoms with Crippen LogP contribution >= 0.6 is 11.6 Å². The predicted molar refractivity (Wildman–Crippen MR) is 147 cm³/mol. The van der Waals surface area contributed by atoms with Crippen LogP contribution in [0.15, 0.2) is 76.5 Å². The number of amides is 1. The van der Waals surface area contributed by atoms with Crippen molar-refractivity contribution in [1.29, 1.82) is 0 Å². The first kappa shape index (κ1) is 27.9. The summed E-state index contributed by atoms with van der Waals surface area (Å²) >= 11 is 6.17. The van der Waals surface area contributed by atoms with Crippen LogP contribution in [0.25, 0.3) is 0 Å². The number of benzene rings is 3. The summed E-state index contributed by atoms with van der Waals surface area (Å²) < 4.78 is 60.6. The van der Waals surface area contributed by atoms with Crippen molar-refractivity contribution < 1.29 is 26.4 Å². The van der Waals surface area contributed by atoms with Crippen LogP contribution in [-0.2, 0) is 24.8 Å². The molecule has 38 heavy (non-hydrogen) atoms. The second-order valence-corrected chi connectivity index (χ2v) is 13.1. The third-order valence-electron chi connectivity index (χ3n) is 6.15. The maximum atomic E-state index is 13.7. The second kappa shape index (κ2) is 11.3. The Labute approximate surface area is 228 Å². The molecule has 0 aromatic heterocycles. The number of anilines is 2. The summed E-state index contributed by atoms with van der Waals surface area (Å²) in [5.74, 6) is -0.424. The van der Waals surface area contributed by atoms with E-state index in [2.05, 4.69) is 5.32 Å². The lowest BCUT2D eigenvalue weighted by atomic mass is 10.2. The Morgan fingerprint density at radius 1 is 0.947 bits per heavy atom. The normalized spacial score (nSPS) is 14.3. The Bertz CT molecular complexity index is 1520. The topological polar surface area (TPSA) is 113 Å². The molecule has 0 unspecified atom stereocenters. The molecule has 202 valence electrons. The minimum absolute atomic E-state index is 0.00518. The second-order valence-electron chi connectivity index (χ2n) is 8.82. The van der Waals surface area contributed by atoms with Gasteiger partial charge in [0.15, 0.2) is 0 Å². The molecular weight excluding hydrogens is 550 g/mol. The highest BCUT2D eigenvalue weighted by atomic mass is 35.5. The molecule has 12 heteroatoms. The van der Waals surface area contributed by atoms with Crippen LogP contribution < -0.4 is 14.4 Å². The molecule has 0 aliphatic carbocycles. The van der Waals surface area contributed by atoms with Gasteiger partial charge in [0.25, 0.3) is 10.0 Å². The predicted octanol–water partition coefficient (Wildman–Crippen LogP) is 4.28. The van der Waals surface area contributed by atoms with Crippen molar-refractivity contribution in [3.8, 4) is 5.75 Å². The highest BCUT2D eigenvalue weighted by molar-refractivity contribution is 7.93. The van der Waals surface area contributed by atoms with E-state index in [9.17, 15) is 21.6 Å². The molecule has 1 amide bonds. The Hall–Kier alpha value is -3.12. The molecule has 4 rings (SSSR count). The van der Waals surface area contributed by atoms with E-state index in [4.69, 9.17) is 16.3 Å². The fraction of sp³-hybridized carbons (Fsp3) is 0.269. The standard InChI is InChI=1S/C26H28ClN3O6S2/c1-19-5-10-23(11-6-19)38(34,35)30(24-17-20(27)7-14-25(24)36-2)18-26(31)28-21-8-12-22(13-9-21)37(32,33)29-15-3-4-16-29/h5-14,17H,3-4,15-16,18H2,1-2H3,(H,28,31). The molecule has 0 saturated carbocycles. The largest absolute Gasteiger partial charge is 0.495 e. The van der Waals surface area contributed by atoms with Crippen molar-refractivity contribution in [3.05, 3.63) is 77.3 Å². The van der Waals surface area contributed by atoms with E-state index in [1.54, 1.807) is 18.2 Å². The Morgan fingerprint density at radius 2 is 1.55 bits per heavy atom. The number of hydrogen-bond acceptors (Lipinski definition) is 6.